The normalized spacial score (nSPS) is 12.3. The van der Waals surface area contributed by atoms with Crippen LogP contribution in [0.25, 0.3) is 0 Å². The van der Waals surface area contributed by atoms with Crippen molar-refractivity contribution in [1.29, 1.82) is 0 Å². The molecule has 0 aromatic heterocycles. The van der Waals surface area contributed by atoms with E-state index in [1.807, 2.05) is 18.2 Å². The topological polar surface area (TPSA) is 9.23 Å². The van der Waals surface area contributed by atoms with E-state index in [2.05, 4.69) is 31.9 Å². The summed E-state index contributed by atoms with van der Waals surface area (Å²) in [6.45, 7) is 0. The molecule has 0 saturated carbocycles. The summed E-state index contributed by atoms with van der Waals surface area (Å²) < 4.78 is 5.97. The molecule has 20 heavy (non-hydrogen) atoms. The predicted octanol–water partition coefficient (Wildman–Crippen LogP) is 6.90. The number of benzene rings is 2. The van der Waals surface area contributed by atoms with E-state index >= 15 is 0 Å². The summed E-state index contributed by atoms with van der Waals surface area (Å²) in [5.74, 6) is 0.553. The molecular weight excluding hydrogens is 450 g/mol. The van der Waals surface area contributed by atoms with Crippen molar-refractivity contribution < 1.29 is 4.74 Å². The van der Waals surface area contributed by atoms with Crippen molar-refractivity contribution in [1.82, 2.24) is 0 Å². The smallest absolute Gasteiger partial charge is 0.138 e. The van der Waals surface area contributed by atoms with E-state index in [-0.39, 0.29) is 4.83 Å². The number of methoxy groups -OCH3 is 1. The van der Waals surface area contributed by atoms with E-state index in [9.17, 15) is 0 Å². The van der Waals surface area contributed by atoms with Crippen LogP contribution in [0.5, 0.6) is 5.75 Å². The van der Waals surface area contributed by atoms with Gasteiger partial charge < -0.3 is 4.74 Å². The summed E-state index contributed by atoms with van der Waals surface area (Å²) in [7, 11) is 1.55. The Morgan fingerprint density at radius 2 is 1.70 bits per heavy atom. The van der Waals surface area contributed by atoms with Gasteiger partial charge in [-0.05, 0) is 45.3 Å². The third-order valence-electron chi connectivity index (χ3n) is 2.78. The van der Waals surface area contributed by atoms with Gasteiger partial charge in [-0.1, -0.05) is 56.8 Å². The molecule has 0 heterocycles. The summed E-state index contributed by atoms with van der Waals surface area (Å²) >= 11 is 25.5. The molecule has 1 unspecified atom stereocenters. The summed E-state index contributed by atoms with van der Waals surface area (Å²) in [5.41, 5.74) is 1.89. The Balaban J connectivity index is 2.45. The Labute approximate surface area is 149 Å². The molecular formula is C14H9Br2Cl3O. The SMILES string of the molecule is COc1cc(Cl)c(C(Br)c2ccc(Cl)c(Br)c2)cc1Cl. The van der Waals surface area contributed by atoms with Gasteiger partial charge >= 0.3 is 0 Å². The minimum absolute atomic E-state index is 0.0908. The maximum absolute atomic E-state index is 6.29. The molecule has 0 N–H and O–H groups in total. The van der Waals surface area contributed by atoms with Crippen LogP contribution in [-0.2, 0) is 0 Å². The second kappa shape index (κ2) is 6.89. The standard InChI is InChI=1S/C14H9Br2Cl3O/c1-20-13-6-11(18)8(5-12(13)19)14(16)7-2-3-10(17)9(15)4-7/h2-6,14H,1H3. The first-order valence-corrected chi connectivity index (χ1v) is 8.40. The minimum Gasteiger partial charge on any atom is -0.495 e. The molecule has 6 heteroatoms. The fraction of sp³-hybridized carbons (Fsp3) is 0.143. The predicted molar refractivity (Wildman–Crippen MR) is 92.9 cm³/mol. The molecule has 0 bridgehead atoms. The van der Waals surface area contributed by atoms with E-state index in [1.54, 1.807) is 19.2 Å². The van der Waals surface area contributed by atoms with Crippen LogP contribution in [0.1, 0.15) is 16.0 Å². The van der Waals surface area contributed by atoms with Crippen molar-refractivity contribution >= 4 is 66.7 Å². The molecule has 0 radical (unpaired) electrons. The number of rotatable bonds is 3. The highest BCUT2D eigenvalue weighted by Crippen LogP contribution is 2.41. The highest BCUT2D eigenvalue weighted by atomic mass is 79.9. The van der Waals surface area contributed by atoms with E-state index in [0.29, 0.717) is 20.8 Å². The average molecular weight is 459 g/mol. The van der Waals surface area contributed by atoms with Crippen LogP contribution in [0, 0.1) is 0 Å². The Kier molecular flexibility index (Phi) is 5.66. The summed E-state index contributed by atoms with van der Waals surface area (Å²) in [6.07, 6.45) is 0. The lowest BCUT2D eigenvalue weighted by Gasteiger charge is -2.15. The molecule has 0 amide bonds. The van der Waals surface area contributed by atoms with Crippen molar-refractivity contribution in [3.05, 3.63) is 61.0 Å². The van der Waals surface area contributed by atoms with Gasteiger partial charge in [0.1, 0.15) is 5.75 Å². The van der Waals surface area contributed by atoms with E-state index in [4.69, 9.17) is 39.5 Å². The molecule has 2 rings (SSSR count). The molecule has 0 aliphatic rings. The Bertz CT molecular complexity index is 647. The van der Waals surface area contributed by atoms with Crippen LogP contribution in [0.15, 0.2) is 34.8 Å². The monoisotopic (exact) mass is 456 g/mol. The number of alkyl halides is 1. The summed E-state index contributed by atoms with van der Waals surface area (Å²) in [5, 5.41) is 1.76. The van der Waals surface area contributed by atoms with Crippen molar-refractivity contribution in [2.75, 3.05) is 7.11 Å². The van der Waals surface area contributed by atoms with Gasteiger partial charge in [0.05, 0.1) is 22.0 Å². The fourth-order valence-corrected chi connectivity index (χ4v) is 3.57. The third kappa shape index (κ3) is 3.45. The van der Waals surface area contributed by atoms with Gasteiger partial charge in [0.2, 0.25) is 0 Å². The van der Waals surface area contributed by atoms with Crippen LogP contribution in [0.3, 0.4) is 0 Å². The Morgan fingerprint density at radius 3 is 2.30 bits per heavy atom. The van der Waals surface area contributed by atoms with E-state index in [1.165, 1.54) is 0 Å². The van der Waals surface area contributed by atoms with Gasteiger partial charge in [0.15, 0.2) is 0 Å². The second-order valence-electron chi connectivity index (χ2n) is 4.04. The van der Waals surface area contributed by atoms with Crippen LogP contribution >= 0.6 is 66.7 Å². The zero-order valence-electron chi connectivity index (χ0n) is 10.3. The lowest BCUT2D eigenvalue weighted by atomic mass is 10.0. The van der Waals surface area contributed by atoms with Crippen LogP contribution in [-0.4, -0.2) is 7.11 Å². The minimum atomic E-state index is -0.0908. The maximum Gasteiger partial charge on any atom is 0.138 e. The van der Waals surface area contributed by atoms with Crippen molar-refractivity contribution in [3.8, 4) is 5.75 Å². The first kappa shape index (κ1) is 16.4. The number of hydrogen-bond donors (Lipinski definition) is 0. The molecule has 0 aliphatic carbocycles. The second-order valence-corrected chi connectivity index (χ2v) is 7.04. The molecule has 2 aromatic carbocycles. The molecule has 0 aliphatic heterocycles. The maximum atomic E-state index is 6.29. The zero-order valence-corrected chi connectivity index (χ0v) is 15.7. The summed E-state index contributed by atoms with van der Waals surface area (Å²) in [4.78, 5) is -0.0908. The summed E-state index contributed by atoms with van der Waals surface area (Å²) in [6, 6.07) is 9.20. The van der Waals surface area contributed by atoms with Crippen molar-refractivity contribution in [2.24, 2.45) is 0 Å². The van der Waals surface area contributed by atoms with E-state index in [0.717, 1.165) is 15.6 Å². The third-order valence-corrected chi connectivity index (χ3v) is 5.64. The Morgan fingerprint density at radius 1 is 1.00 bits per heavy atom. The van der Waals surface area contributed by atoms with Gasteiger partial charge in [0, 0.05) is 15.6 Å². The van der Waals surface area contributed by atoms with Gasteiger partial charge in [-0.2, -0.15) is 0 Å². The average Bonchev–Trinajstić information content (AvgIpc) is 2.43. The molecule has 0 saturated heterocycles. The highest BCUT2D eigenvalue weighted by molar-refractivity contribution is 9.10. The number of hydrogen-bond acceptors (Lipinski definition) is 1. The zero-order chi connectivity index (χ0) is 14.9. The molecule has 106 valence electrons. The van der Waals surface area contributed by atoms with Crippen molar-refractivity contribution in [3.63, 3.8) is 0 Å². The van der Waals surface area contributed by atoms with Gasteiger partial charge in [0.25, 0.3) is 0 Å². The molecule has 0 fully saturated rings. The van der Waals surface area contributed by atoms with Crippen molar-refractivity contribution in [2.45, 2.75) is 4.83 Å². The van der Waals surface area contributed by atoms with Gasteiger partial charge in [-0.3, -0.25) is 0 Å². The highest BCUT2D eigenvalue weighted by Gasteiger charge is 2.17. The van der Waals surface area contributed by atoms with Crippen LogP contribution in [0.2, 0.25) is 15.1 Å². The van der Waals surface area contributed by atoms with Crippen LogP contribution in [0.4, 0.5) is 0 Å². The molecule has 1 nitrogen and oxygen atoms in total. The van der Waals surface area contributed by atoms with Gasteiger partial charge in [-0.15, -0.1) is 0 Å². The molecule has 2 aromatic rings. The fourth-order valence-electron chi connectivity index (χ4n) is 1.74. The largest absolute Gasteiger partial charge is 0.495 e. The number of ether oxygens (including phenoxy) is 1. The first-order chi connectivity index (χ1) is 9.43. The number of halogens is 5. The Hall–Kier alpha value is 0.0700. The lowest BCUT2D eigenvalue weighted by molar-refractivity contribution is 0.415. The quantitative estimate of drug-likeness (QED) is 0.454. The first-order valence-electron chi connectivity index (χ1n) is 5.56. The molecule has 0 spiro atoms. The van der Waals surface area contributed by atoms with Gasteiger partial charge in [-0.25, -0.2) is 0 Å². The van der Waals surface area contributed by atoms with E-state index < -0.39 is 0 Å². The van der Waals surface area contributed by atoms with Crippen LogP contribution < -0.4 is 4.74 Å². The molecule has 1 atom stereocenters. The lowest BCUT2D eigenvalue weighted by Crippen LogP contribution is -1.96.